The number of hydrogen-bond donors (Lipinski definition) is 0. The number of hydrogen-bond acceptors (Lipinski definition) is 3. The topological polar surface area (TPSA) is 43.6 Å². The van der Waals surface area contributed by atoms with Gasteiger partial charge in [0, 0.05) is 0 Å². The van der Waals surface area contributed by atoms with Gasteiger partial charge in [0.15, 0.2) is 5.82 Å². The SMILES string of the molecule is Cc1nnnn1-c1ccc(F)cc1C1CC1. The van der Waals surface area contributed by atoms with Crippen molar-refractivity contribution < 1.29 is 4.39 Å². The second-order valence-electron chi connectivity index (χ2n) is 4.12. The van der Waals surface area contributed by atoms with Gasteiger partial charge in [0.05, 0.1) is 5.69 Å². The molecule has 0 bridgehead atoms. The Kier molecular flexibility index (Phi) is 1.99. The van der Waals surface area contributed by atoms with E-state index >= 15 is 0 Å². The molecule has 1 aromatic heterocycles. The van der Waals surface area contributed by atoms with E-state index in [0.29, 0.717) is 11.7 Å². The predicted octanol–water partition coefficient (Wildman–Crippen LogP) is 1.99. The molecule has 1 aliphatic rings. The summed E-state index contributed by atoms with van der Waals surface area (Å²) in [4.78, 5) is 0. The fourth-order valence-electron chi connectivity index (χ4n) is 1.89. The lowest BCUT2D eigenvalue weighted by Crippen LogP contribution is -2.03. The third kappa shape index (κ3) is 1.48. The third-order valence-electron chi connectivity index (χ3n) is 2.86. The molecule has 2 aromatic rings. The summed E-state index contributed by atoms with van der Waals surface area (Å²) in [6, 6.07) is 4.78. The molecule has 0 atom stereocenters. The number of nitrogens with zero attached hydrogens (tertiary/aromatic N) is 4. The van der Waals surface area contributed by atoms with Crippen LogP contribution < -0.4 is 0 Å². The van der Waals surface area contributed by atoms with Crippen molar-refractivity contribution in [1.29, 1.82) is 0 Å². The average Bonchev–Trinajstić information content (AvgIpc) is 3.03. The van der Waals surface area contributed by atoms with Gasteiger partial charge in [-0.15, -0.1) is 5.10 Å². The average molecular weight is 218 g/mol. The first-order valence-corrected chi connectivity index (χ1v) is 5.30. The number of halogens is 1. The van der Waals surface area contributed by atoms with Crippen LogP contribution in [0.2, 0.25) is 0 Å². The van der Waals surface area contributed by atoms with Crippen molar-refractivity contribution >= 4 is 0 Å². The van der Waals surface area contributed by atoms with E-state index in [1.807, 2.05) is 6.92 Å². The Morgan fingerprint density at radius 3 is 2.81 bits per heavy atom. The molecule has 0 aliphatic heterocycles. The van der Waals surface area contributed by atoms with Crippen molar-refractivity contribution in [1.82, 2.24) is 20.2 Å². The number of rotatable bonds is 2. The maximum Gasteiger partial charge on any atom is 0.153 e. The fraction of sp³-hybridized carbons (Fsp3) is 0.364. The van der Waals surface area contributed by atoms with E-state index in [2.05, 4.69) is 15.5 Å². The van der Waals surface area contributed by atoms with Crippen LogP contribution in [0.3, 0.4) is 0 Å². The molecule has 0 unspecified atom stereocenters. The van der Waals surface area contributed by atoms with Gasteiger partial charge >= 0.3 is 0 Å². The van der Waals surface area contributed by atoms with Gasteiger partial charge in [0.2, 0.25) is 0 Å². The molecule has 0 amide bonds. The molecule has 1 saturated carbocycles. The minimum absolute atomic E-state index is 0.198. The highest BCUT2D eigenvalue weighted by atomic mass is 19.1. The van der Waals surface area contributed by atoms with Crippen molar-refractivity contribution in [2.24, 2.45) is 0 Å². The van der Waals surface area contributed by atoms with E-state index in [1.54, 1.807) is 16.8 Å². The van der Waals surface area contributed by atoms with E-state index in [4.69, 9.17) is 0 Å². The van der Waals surface area contributed by atoms with Gasteiger partial charge in [-0.05, 0) is 59.9 Å². The highest BCUT2D eigenvalue weighted by Crippen LogP contribution is 2.42. The van der Waals surface area contributed by atoms with Crippen molar-refractivity contribution in [3.63, 3.8) is 0 Å². The van der Waals surface area contributed by atoms with Gasteiger partial charge in [-0.25, -0.2) is 4.39 Å². The summed E-state index contributed by atoms with van der Waals surface area (Å²) in [5, 5.41) is 11.4. The van der Waals surface area contributed by atoms with E-state index < -0.39 is 0 Å². The van der Waals surface area contributed by atoms with Crippen LogP contribution in [0.1, 0.15) is 30.1 Å². The number of benzene rings is 1. The number of tetrazole rings is 1. The maximum absolute atomic E-state index is 13.2. The second kappa shape index (κ2) is 3.37. The van der Waals surface area contributed by atoms with Crippen molar-refractivity contribution in [2.45, 2.75) is 25.7 Å². The van der Waals surface area contributed by atoms with Gasteiger partial charge < -0.3 is 0 Å². The Balaban J connectivity index is 2.16. The molecule has 82 valence electrons. The summed E-state index contributed by atoms with van der Waals surface area (Å²) in [5.41, 5.74) is 1.90. The largest absolute Gasteiger partial charge is 0.207 e. The lowest BCUT2D eigenvalue weighted by atomic mass is 10.1. The summed E-state index contributed by atoms with van der Waals surface area (Å²) < 4.78 is 14.9. The van der Waals surface area contributed by atoms with Crippen LogP contribution in [-0.2, 0) is 0 Å². The molecule has 16 heavy (non-hydrogen) atoms. The monoisotopic (exact) mass is 218 g/mol. The van der Waals surface area contributed by atoms with E-state index in [-0.39, 0.29) is 5.82 Å². The molecule has 5 heteroatoms. The highest BCUT2D eigenvalue weighted by molar-refractivity contribution is 5.45. The molecule has 0 radical (unpaired) electrons. The van der Waals surface area contributed by atoms with Crippen LogP contribution in [0, 0.1) is 12.7 Å². The molecule has 4 nitrogen and oxygen atoms in total. The lowest BCUT2D eigenvalue weighted by molar-refractivity contribution is 0.623. The van der Waals surface area contributed by atoms with E-state index in [1.165, 1.54) is 6.07 Å². The summed E-state index contributed by atoms with van der Waals surface area (Å²) in [6.07, 6.45) is 2.25. The molecule has 1 fully saturated rings. The Morgan fingerprint density at radius 2 is 2.19 bits per heavy atom. The van der Waals surface area contributed by atoms with Gasteiger partial charge in [-0.3, -0.25) is 0 Å². The van der Waals surface area contributed by atoms with Gasteiger partial charge in [0.25, 0.3) is 0 Å². The zero-order valence-corrected chi connectivity index (χ0v) is 8.89. The van der Waals surface area contributed by atoms with Crippen molar-refractivity contribution in [3.8, 4) is 5.69 Å². The first-order chi connectivity index (χ1) is 7.75. The fourth-order valence-corrected chi connectivity index (χ4v) is 1.89. The maximum atomic E-state index is 13.2. The smallest absolute Gasteiger partial charge is 0.153 e. The normalized spacial score (nSPS) is 15.4. The minimum atomic E-state index is -0.198. The molecular formula is C11H11FN4. The molecule has 1 aliphatic carbocycles. The van der Waals surface area contributed by atoms with Crippen LogP contribution in [0.5, 0.6) is 0 Å². The van der Waals surface area contributed by atoms with Crippen LogP contribution >= 0.6 is 0 Å². The molecule has 1 aromatic carbocycles. The van der Waals surface area contributed by atoms with E-state index in [9.17, 15) is 4.39 Å². The van der Waals surface area contributed by atoms with Gasteiger partial charge in [-0.1, -0.05) is 0 Å². The molecule has 3 rings (SSSR count). The molecule has 1 heterocycles. The summed E-state index contributed by atoms with van der Waals surface area (Å²) in [5.74, 6) is 0.985. The number of aryl methyl sites for hydroxylation is 1. The quantitative estimate of drug-likeness (QED) is 0.774. The Hall–Kier alpha value is -1.78. The lowest BCUT2D eigenvalue weighted by Gasteiger charge is -2.08. The Morgan fingerprint density at radius 1 is 1.38 bits per heavy atom. The molecule has 0 saturated heterocycles. The third-order valence-corrected chi connectivity index (χ3v) is 2.86. The zero-order valence-electron chi connectivity index (χ0n) is 8.89. The van der Waals surface area contributed by atoms with E-state index in [0.717, 1.165) is 24.1 Å². The Bertz CT molecular complexity index is 531. The zero-order chi connectivity index (χ0) is 11.1. The van der Waals surface area contributed by atoms with Gasteiger partial charge in [-0.2, -0.15) is 4.68 Å². The standard InChI is InChI=1S/C11H11FN4/c1-7-13-14-15-16(7)11-5-4-9(12)6-10(11)8-2-3-8/h4-6,8H,2-3H2,1H3. The minimum Gasteiger partial charge on any atom is -0.207 e. The van der Waals surface area contributed by atoms with Gasteiger partial charge in [0.1, 0.15) is 5.82 Å². The van der Waals surface area contributed by atoms with Crippen LogP contribution in [0.15, 0.2) is 18.2 Å². The summed E-state index contributed by atoms with van der Waals surface area (Å²) in [7, 11) is 0. The van der Waals surface area contributed by atoms with Crippen molar-refractivity contribution in [3.05, 3.63) is 35.4 Å². The van der Waals surface area contributed by atoms with Crippen LogP contribution in [0.4, 0.5) is 4.39 Å². The predicted molar refractivity (Wildman–Crippen MR) is 55.8 cm³/mol. The summed E-state index contributed by atoms with van der Waals surface area (Å²) in [6.45, 7) is 1.83. The molecular weight excluding hydrogens is 207 g/mol. The summed E-state index contributed by atoms with van der Waals surface area (Å²) >= 11 is 0. The second-order valence-corrected chi connectivity index (χ2v) is 4.12. The highest BCUT2D eigenvalue weighted by Gasteiger charge is 2.27. The first-order valence-electron chi connectivity index (χ1n) is 5.30. The van der Waals surface area contributed by atoms with Crippen molar-refractivity contribution in [2.75, 3.05) is 0 Å². The molecule has 0 N–H and O–H groups in total. The number of aromatic nitrogens is 4. The Labute approximate surface area is 92.1 Å². The molecule has 0 spiro atoms. The van der Waals surface area contributed by atoms with Crippen LogP contribution in [0.25, 0.3) is 5.69 Å². The van der Waals surface area contributed by atoms with Crippen LogP contribution in [-0.4, -0.2) is 20.2 Å². The first kappa shape index (κ1) is 9.45.